The Bertz CT molecular complexity index is 605. The molecular formula is C23H39O7P. The van der Waals surface area contributed by atoms with Crippen LogP contribution < -0.4 is 0 Å². The number of carbonyl (C=O) groups is 1. The monoisotopic (exact) mass is 458 g/mol. The van der Waals surface area contributed by atoms with Crippen molar-refractivity contribution in [2.75, 3.05) is 13.2 Å². The summed E-state index contributed by atoms with van der Waals surface area (Å²) in [7, 11) is -4.63. The van der Waals surface area contributed by atoms with Crippen LogP contribution in [0.3, 0.4) is 0 Å². The van der Waals surface area contributed by atoms with Gasteiger partial charge >= 0.3 is 13.8 Å². The summed E-state index contributed by atoms with van der Waals surface area (Å²) < 4.78 is 19.5. The summed E-state index contributed by atoms with van der Waals surface area (Å²) >= 11 is 0. The predicted octanol–water partition coefficient (Wildman–Crippen LogP) is 5.15. The van der Waals surface area contributed by atoms with E-state index in [2.05, 4.69) is 47.9 Å². The second-order valence-electron chi connectivity index (χ2n) is 7.10. The van der Waals surface area contributed by atoms with Gasteiger partial charge in [0.15, 0.2) is 0 Å². The fourth-order valence-electron chi connectivity index (χ4n) is 2.42. The van der Waals surface area contributed by atoms with Crippen LogP contribution in [0.4, 0.5) is 0 Å². The third kappa shape index (κ3) is 24.6. The van der Waals surface area contributed by atoms with Gasteiger partial charge in [0.1, 0.15) is 12.7 Å². The van der Waals surface area contributed by atoms with Crippen molar-refractivity contribution in [2.45, 2.75) is 77.2 Å². The van der Waals surface area contributed by atoms with Crippen molar-refractivity contribution in [3.8, 4) is 0 Å². The van der Waals surface area contributed by atoms with E-state index >= 15 is 0 Å². The Morgan fingerprint density at radius 2 is 1.35 bits per heavy atom. The second kappa shape index (κ2) is 20.4. The van der Waals surface area contributed by atoms with Crippen molar-refractivity contribution < 1.29 is 33.5 Å². The van der Waals surface area contributed by atoms with E-state index in [1.165, 1.54) is 25.7 Å². The average molecular weight is 459 g/mol. The standard InChI is InChI=1S/C23H39O7P/c1-2-3-4-5-6-7-8-9-10-11-12-13-14-15-16-17-18-19-23(25)29-20-22(24)21-30-31(26,27)28/h6-7,9-10,12-13,15-16,22,24H,2-5,8,11,14,17-21H2,1H3,(H2,26,27,28)/b7-6-,10-9-,13-12-,16-15-/t22-/m0/s1. The second-order valence-corrected chi connectivity index (χ2v) is 8.34. The van der Waals surface area contributed by atoms with Crippen LogP contribution in [0.5, 0.6) is 0 Å². The third-order valence-electron chi connectivity index (χ3n) is 4.08. The molecule has 0 amide bonds. The quantitative estimate of drug-likeness (QED) is 0.106. The highest BCUT2D eigenvalue weighted by Crippen LogP contribution is 2.35. The molecule has 0 unspecified atom stereocenters. The van der Waals surface area contributed by atoms with Crippen molar-refractivity contribution in [3.63, 3.8) is 0 Å². The lowest BCUT2D eigenvalue weighted by atomic mass is 10.2. The normalized spacial score (nSPS) is 13.8. The average Bonchev–Trinajstić information content (AvgIpc) is 2.72. The summed E-state index contributed by atoms with van der Waals surface area (Å²) in [5.41, 5.74) is 0. The molecular weight excluding hydrogens is 419 g/mol. The Labute approximate surface area is 186 Å². The lowest BCUT2D eigenvalue weighted by Crippen LogP contribution is -2.23. The van der Waals surface area contributed by atoms with E-state index in [9.17, 15) is 14.5 Å². The number of carbonyl (C=O) groups excluding carboxylic acids is 1. The van der Waals surface area contributed by atoms with Gasteiger partial charge in [0.25, 0.3) is 0 Å². The predicted molar refractivity (Wildman–Crippen MR) is 123 cm³/mol. The molecule has 0 saturated heterocycles. The van der Waals surface area contributed by atoms with Crippen molar-refractivity contribution in [1.29, 1.82) is 0 Å². The first-order chi connectivity index (χ1) is 14.8. The van der Waals surface area contributed by atoms with Gasteiger partial charge in [-0.1, -0.05) is 68.4 Å². The maximum atomic E-state index is 11.5. The molecule has 0 aliphatic carbocycles. The highest BCUT2D eigenvalue weighted by atomic mass is 31.2. The molecule has 0 aromatic heterocycles. The molecule has 8 heteroatoms. The molecule has 0 saturated carbocycles. The van der Waals surface area contributed by atoms with Gasteiger partial charge in [-0.2, -0.15) is 0 Å². The molecule has 31 heavy (non-hydrogen) atoms. The summed E-state index contributed by atoms with van der Waals surface area (Å²) in [6.07, 6.45) is 25.2. The first-order valence-electron chi connectivity index (χ1n) is 11.0. The number of phosphoric acid groups is 1. The fourth-order valence-corrected chi connectivity index (χ4v) is 2.78. The van der Waals surface area contributed by atoms with E-state index < -0.39 is 26.5 Å². The van der Waals surface area contributed by atoms with Crippen LogP contribution in [0.2, 0.25) is 0 Å². The SMILES string of the molecule is CCCCC/C=C\C/C=C\C/C=C\C/C=C\CCCC(=O)OC[C@H](O)COP(=O)(O)O. The van der Waals surface area contributed by atoms with Crippen LogP contribution in [0.1, 0.15) is 71.1 Å². The van der Waals surface area contributed by atoms with Gasteiger partial charge in [0.2, 0.25) is 0 Å². The summed E-state index contributed by atoms with van der Waals surface area (Å²) in [6.45, 7) is 1.26. The van der Waals surface area contributed by atoms with E-state index in [1.54, 1.807) is 0 Å². The van der Waals surface area contributed by atoms with Gasteiger partial charge in [0, 0.05) is 6.42 Å². The Morgan fingerprint density at radius 3 is 1.87 bits per heavy atom. The first kappa shape index (κ1) is 29.5. The minimum absolute atomic E-state index is 0.212. The van der Waals surface area contributed by atoms with Crippen molar-refractivity contribution in [1.82, 2.24) is 0 Å². The van der Waals surface area contributed by atoms with Gasteiger partial charge in [-0.05, 0) is 44.9 Å². The van der Waals surface area contributed by atoms with E-state index in [4.69, 9.17) is 14.5 Å². The molecule has 0 aromatic rings. The van der Waals surface area contributed by atoms with E-state index in [0.717, 1.165) is 25.7 Å². The molecule has 0 aliphatic heterocycles. The smallest absolute Gasteiger partial charge is 0.463 e. The number of rotatable bonds is 19. The van der Waals surface area contributed by atoms with Gasteiger partial charge in [-0.15, -0.1) is 0 Å². The lowest BCUT2D eigenvalue weighted by molar-refractivity contribution is -0.147. The molecule has 3 N–H and O–H groups in total. The number of aliphatic hydroxyl groups is 1. The Kier molecular flexibility index (Phi) is 19.4. The molecule has 0 radical (unpaired) electrons. The summed E-state index contributed by atoms with van der Waals surface area (Å²) in [6, 6.07) is 0. The van der Waals surface area contributed by atoms with Gasteiger partial charge < -0.3 is 19.6 Å². The number of unbranched alkanes of at least 4 members (excludes halogenated alkanes) is 4. The number of aliphatic hydroxyl groups excluding tert-OH is 1. The highest BCUT2D eigenvalue weighted by molar-refractivity contribution is 7.46. The van der Waals surface area contributed by atoms with Gasteiger partial charge in [-0.25, -0.2) is 4.57 Å². The Hall–Kier alpha value is -1.50. The summed E-state index contributed by atoms with van der Waals surface area (Å²) in [4.78, 5) is 28.6. The van der Waals surface area contributed by atoms with Crippen LogP contribution in [-0.2, 0) is 18.6 Å². The van der Waals surface area contributed by atoms with E-state index in [1.807, 2.05) is 12.2 Å². The number of hydrogen-bond donors (Lipinski definition) is 3. The maximum Gasteiger partial charge on any atom is 0.469 e. The number of allylic oxidation sites excluding steroid dienone is 8. The topological polar surface area (TPSA) is 113 Å². The number of hydrogen-bond acceptors (Lipinski definition) is 5. The van der Waals surface area contributed by atoms with Crippen molar-refractivity contribution in [3.05, 3.63) is 48.6 Å². The van der Waals surface area contributed by atoms with Crippen molar-refractivity contribution in [2.24, 2.45) is 0 Å². The molecule has 0 rings (SSSR count). The van der Waals surface area contributed by atoms with Gasteiger partial charge in [0.05, 0.1) is 6.61 Å². The van der Waals surface area contributed by atoms with Gasteiger partial charge in [-0.3, -0.25) is 9.32 Å². The Morgan fingerprint density at radius 1 is 0.839 bits per heavy atom. The molecule has 0 aromatic carbocycles. The minimum atomic E-state index is -4.63. The zero-order valence-electron chi connectivity index (χ0n) is 18.6. The zero-order chi connectivity index (χ0) is 23.2. The molecule has 7 nitrogen and oxygen atoms in total. The lowest BCUT2D eigenvalue weighted by Gasteiger charge is -2.12. The summed E-state index contributed by atoms with van der Waals surface area (Å²) in [5, 5.41) is 9.41. The molecule has 0 aliphatic rings. The number of esters is 1. The van der Waals surface area contributed by atoms with Crippen molar-refractivity contribution >= 4 is 13.8 Å². The molecule has 0 fully saturated rings. The molecule has 1 atom stereocenters. The minimum Gasteiger partial charge on any atom is -0.463 e. The molecule has 178 valence electrons. The molecule has 0 heterocycles. The first-order valence-corrected chi connectivity index (χ1v) is 12.5. The third-order valence-corrected chi connectivity index (χ3v) is 4.57. The van der Waals surface area contributed by atoms with Crippen LogP contribution in [0.25, 0.3) is 0 Å². The molecule has 0 bridgehead atoms. The molecule has 0 spiro atoms. The maximum absolute atomic E-state index is 11.5. The number of phosphoric ester groups is 1. The largest absolute Gasteiger partial charge is 0.469 e. The van der Waals surface area contributed by atoms with E-state index in [-0.39, 0.29) is 13.0 Å². The van der Waals surface area contributed by atoms with Crippen LogP contribution >= 0.6 is 7.82 Å². The highest BCUT2D eigenvalue weighted by Gasteiger charge is 2.17. The fraction of sp³-hybridized carbons (Fsp3) is 0.609. The van der Waals surface area contributed by atoms with Crippen LogP contribution in [0, 0.1) is 0 Å². The zero-order valence-corrected chi connectivity index (χ0v) is 19.5. The van der Waals surface area contributed by atoms with Crippen LogP contribution in [-0.4, -0.2) is 40.2 Å². The van der Waals surface area contributed by atoms with Crippen LogP contribution in [0.15, 0.2) is 48.6 Å². The summed E-state index contributed by atoms with van der Waals surface area (Å²) in [5.74, 6) is -0.467. The Balaban J connectivity index is 3.60. The van der Waals surface area contributed by atoms with E-state index in [0.29, 0.717) is 6.42 Å². The number of ether oxygens (including phenoxy) is 1.